The van der Waals surface area contributed by atoms with Crippen molar-refractivity contribution in [1.82, 2.24) is 4.90 Å². The largest absolute Gasteiger partial charge is 0.371 e. The Morgan fingerprint density at radius 2 is 2.15 bits per heavy atom. The van der Waals surface area contributed by atoms with E-state index in [1.54, 1.807) is 0 Å². The third-order valence-electron chi connectivity index (χ3n) is 4.97. The van der Waals surface area contributed by atoms with Crippen LogP contribution in [-0.2, 0) is 6.54 Å². The highest BCUT2D eigenvalue weighted by Gasteiger charge is 2.34. The van der Waals surface area contributed by atoms with E-state index in [1.807, 2.05) is 0 Å². The van der Waals surface area contributed by atoms with Gasteiger partial charge in [-0.15, -0.1) is 0 Å². The molecule has 2 saturated heterocycles. The molecular weight excluding hydrogens is 314 g/mol. The predicted molar refractivity (Wildman–Crippen MR) is 88.0 cm³/mol. The van der Waals surface area contributed by atoms with Gasteiger partial charge in [0, 0.05) is 35.8 Å². The Bertz CT molecular complexity index is 477. The molecule has 0 aliphatic carbocycles. The van der Waals surface area contributed by atoms with E-state index in [0.717, 1.165) is 16.4 Å². The molecule has 110 valence electrons. The molecule has 1 aromatic rings. The van der Waals surface area contributed by atoms with E-state index in [1.165, 1.54) is 50.1 Å². The molecule has 2 unspecified atom stereocenters. The van der Waals surface area contributed by atoms with Crippen molar-refractivity contribution in [3.8, 4) is 0 Å². The van der Waals surface area contributed by atoms with E-state index >= 15 is 0 Å². The Morgan fingerprint density at radius 1 is 1.30 bits per heavy atom. The summed E-state index contributed by atoms with van der Waals surface area (Å²) < 4.78 is 1.14. The number of likely N-dealkylation sites (tertiary alicyclic amines) is 1. The topological polar surface area (TPSA) is 32.5 Å². The summed E-state index contributed by atoms with van der Waals surface area (Å²) in [5.74, 6) is 0.829. The van der Waals surface area contributed by atoms with Gasteiger partial charge < -0.3 is 15.5 Å². The number of hydrogen-bond acceptors (Lipinski definition) is 3. The lowest BCUT2D eigenvalue weighted by atomic mass is 9.84. The van der Waals surface area contributed by atoms with Crippen molar-refractivity contribution in [1.29, 1.82) is 0 Å². The van der Waals surface area contributed by atoms with Crippen LogP contribution in [0, 0.1) is 5.92 Å². The summed E-state index contributed by atoms with van der Waals surface area (Å²) in [6, 6.07) is 7.40. The van der Waals surface area contributed by atoms with Crippen molar-refractivity contribution < 1.29 is 0 Å². The second kappa shape index (κ2) is 6.04. The molecule has 0 aromatic heterocycles. The monoisotopic (exact) mass is 337 g/mol. The zero-order valence-electron chi connectivity index (χ0n) is 12.2. The fourth-order valence-corrected chi connectivity index (χ4v) is 4.31. The molecule has 1 aromatic carbocycles. The van der Waals surface area contributed by atoms with E-state index < -0.39 is 0 Å². The Balaban J connectivity index is 1.74. The summed E-state index contributed by atoms with van der Waals surface area (Å²) in [5.41, 5.74) is 8.25. The fraction of sp³-hybridized carbons (Fsp3) is 0.625. The second-order valence-corrected chi connectivity index (χ2v) is 7.02. The lowest BCUT2D eigenvalue weighted by Crippen LogP contribution is -2.52. The minimum absolute atomic E-state index is 0.594. The van der Waals surface area contributed by atoms with Gasteiger partial charge in [-0.1, -0.05) is 22.0 Å². The minimum atomic E-state index is 0.594. The molecule has 0 bridgehead atoms. The highest BCUT2D eigenvalue weighted by molar-refractivity contribution is 9.10. The highest BCUT2D eigenvalue weighted by Crippen LogP contribution is 2.33. The van der Waals surface area contributed by atoms with Gasteiger partial charge in [0.25, 0.3) is 0 Å². The number of rotatable bonds is 2. The molecule has 2 N–H and O–H groups in total. The fourth-order valence-electron chi connectivity index (χ4n) is 3.79. The van der Waals surface area contributed by atoms with Gasteiger partial charge >= 0.3 is 0 Å². The molecule has 2 aliphatic rings. The van der Waals surface area contributed by atoms with Crippen molar-refractivity contribution in [2.45, 2.75) is 31.8 Å². The third-order valence-corrected chi connectivity index (χ3v) is 5.71. The average molecular weight is 338 g/mol. The van der Waals surface area contributed by atoms with Crippen LogP contribution in [0.5, 0.6) is 0 Å². The van der Waals surface area contributed by atoms with Gasteiger partial charge in [-0.2, -0.15) is 0 Å². The van der Waals surface area contributed by atoms with Gasteiger partial charge in [0.15, 0.2) is 0 Å². The average Bonchev–Trinajstić information content (AvgIpc) is 2.47. The lowest BCUT2D eigenvalue weighted by Gasteiger charge is -2.46. The zero-order valence-corrected chi connectivity index (χ0v) is 13.8. The van der Waals surface area contributed by atoms with Crippen LogP contribution in [0.3, 0.4) is 0 Å². The second-order valence-electron chi connectivity index (χ2n) is 6.16. The smallest absolute Gasteiger partial charge is 0.0377 e. The highest BCUT2D eigenvalue weighted by atomic mass is 79.9. The molecule has 2 fully saturated rings. The van der Waals surface area contributed by atoms with Crippen molar-refractivity contribution in [2.75, 3.05) is 31.6 Å². The number of fused-ring (bicyclic) bond motifs is 1. The van der Waals surface area contributed by atoms with Gasteiger partial charge in [-0.3, -0.25) is 0 Å². The van der Waals surface area contributed by atoms with Crippen LogP contribution in [-0.4, -0.2) is 37.6 Å². The maximum Gasteiger partial charge on any atom is 0.0377 e. The van der Waals surface area contributed by atoms with Gasteiger partial charge in [-0.05, 0) is 56.5 Å². The molecule has 0 spiro atoms. The third kappa shape index (κ3) is 2.74. The van der Waals surface area contributed by atoms with Crippen molar-refractivity contribution in [3.63, 3.8) is 0 Å². The molecule has 0 amide bonds. The van der Waals surface area contributed by atoms with Crippen molar-refractivity contribution in [2.24, 2.45) is 11.7 Å². The Labute approximate surface area is 130 Å². The zero-order chi connectivity index (χ0) is 14.1. The van der Waals surface area contributed by atoms with Gasteiger partial charge in [0.05, 0.1) is 0 Å². The molecular formula is C16H24BrN3. The number of piperidine rings is 2. The SMILES string of the molecule is CN1CCCC2CN(c3ccc(CN)c(Br)c3)CCC21. The Hall–Kier alpha value is -0.580. The number of halogens is 1. The van der Waals surface area contributed by atoms with Gasteiger partial charge in [-0.25, -0.2) is 0 Å². The first-order chi connectivity index (χ1) is 9.69. The summed E-state index contributed by atoms with van der Waals surface area (Å²) in [6.45, 7) is 4.23. The summed E-state index contributed by atoms with van der Waals surface area (Å²) in [5, 5.41) is 0. The van der Waals surface area contributed by atoms with E-state index in [9.17, 15) is 0 Å². The summed E-state index contributed by atoms with van der Waals surface area (Å²) in [6.07, 6.45) is 4.02. The first kappa shape index (κ1) is 14.4. The number of anilines is 1. The van der Waals surface area contributed by atoms with E-state index in [4.69, 9.17) is 5.73 Å². The molecule has 3 nitrogen and oxygen atoms in total. The molecule has 2 aliphatic heterocycles. The van der Waals surface area contributed by atoms with Gasteiger partial charge in [0.1, 0.15) is 0 Å². The first-order valence-corrected chi connectivity index (χ1v) is 8.42. The molecule has 0 saturated carbocycles. The molecule has 3 rings (SSSR count). The number of benzene rings is 1. The lowest BCUT2D eigenvalue weighted by molar-refractivity contribution is 0.102. The maximum atomic E-state index is 5.73. The predicted octanol–water partition coefficient (Wildman–Crippen LogP) is 2.83. The molecule has 2 atom stereocenters. The number of nitrogens with two attached hydrogens (primary N) is 1. The van der Waals surface area contributed by atoms with E-state index in [-0.39, 0.29) is 0 Å². The van der Waals surface area contributed by atoms with Crippen LogP contribution in [0.15, 0.2) is 22.7 Å². The summed E-state index contributed by atoms with van der Waals surface area (Å²) in [7, 11) is 2.29. The normalized spacial score (nSPS) is 27.4. The van der Waals surface area contributed by atoms with E-state index in [2.05, 4.69) is 51.0 Å². The van der Waals surface area contributed by atoms with Crippen molar-refractivity contribution in [3.05, 3.63) is 28.2 Å². The van der Waals surface area contributed by atoms with Gasteiger partial charge in [0.2, 0.25) is 0 Å². The maximum absolute atomic E-state index is 5.73. The van der Waals surface area contributed by atoms with E-state index in [0.29, 0.717) is 6.54 Å². The van der Waals surface area contributed by atoms with Crippen LogP contribution in [0.2, 0.25) is 0 Å². The number of nitrogens with zero attached hydrogens (tertiary/aromatic N) is 2. The van der Waals surface area contributed by atoms with Crippen LogP contribution in [0.25, 0.3) is 0 Å². The molecule has 20 heavy (non-hydrogen) atoms. The molecule has 0 radical (unpaired) electrons. The van der Waals surface area contributed by atoms with Crippen LogP contribution >= 0.6 is 15.9 Å². The summed E-state index contributed by atoms with van der Waals surface area (Å²) in [4.78, 5) is 5.12. The number of hydrogen-bond donors (Lipinski definition) is 1. The molecule has 2 heterocycles. The van der Waals surface area contributed by atoms with Crippen molar-refractivity contribution >= 4 is 21.6 Å². The first-order valence-electron chi connectivity index (χ1n) is 7.62. The van der Waals surface area contributed by atoms with Crippen LogP contribution in [0.1, 0.15) is 24.8 Å². The quantitative estimate of drug-likeness (QED) is 0.900. The Morgan fingerprint density at radius 3 is 2.90 bits per heavy atom. The van der Waals surface area contributed by atoms with Crippen LogP contribution in [0.4, 0.5) is 5.69 Å². The minimum Gasteiger partial charge on any atom is -0.371 e. The molecule has 4 heteroatoms. The summed E-state index contributed by atoms with van der Waals surface area (Å²) >= 11 is 3.64. The standard InChI is InChI=1S/C16H24BrN3/c1-19-7-2-3-13-11-20(8-6-16(13)19)14-5-4-12(10-18)15(17)9-14/h4-5,9,13,16H,2-3,6-8,10-11,18H2,1H3. The van der Waals surface area contributed by atoms with Crippen LogP contribution < -0.4 is 10.6 Å². The Kier molecular flexibility index (Phi) is 4.34.